The van der Waals surface area contributed by atoms with Crippen LogP contribution in [0, 0.1) is 12.8 Å². The molecule has 0 radical (unpaired) electrons. The number of carboxylic acids is 1. The monoisotopic (exact) mass is 297 g/mol. The van der Waals surface area contributed by atoms with E-state index in [-0.39, 0.29) is 10.8 Å². The third kappa shape index (κ3) is 3.67. The standard InChI is InChI=1S/C9H12ClNO4S2/c1-5-3-7(16-8(5)10)17(14,15)11-4-6(2)9(12)13/h3,6,11H,4H2,1-2H3,(H,12,13). The molecule has 0 bridgehead atoms. The van der Waals surface area contributed by atoms with Crippen LogP contribution in [0.25, 0.3) is 0 Å². The quantitative estimate of drug-likeness (QED) is 0.866. The van der Waals surface area contributed by atoms with Crippen LogP contribution in [0.2, 0.25) is 4.34 Å². The number of carboxylic acid groups (broad SMARTS) is 1. The Morgan fingerprint density at radius 1 is 1.65 bits per heavy atom. The average molecular weight is 298 g/mol. The second kappa shape index (κ2) is 5.34. The summed E-state index contributed by atoms with van der Waals surface area (Å²) < 4.78 is 26.3. The molecule has 0 spiro atoms. The van der Waals surface area contributed by atoms with Gasteiger partial charge in [-0.05, 0) is 18.6 Å². The van der Waals surface area contributed by atoms with Gasteiger partial charge in [-0.15, -0.1) is 11.3 Å². The van der Waals surface area contributed by atoms with Crippen molar-refractivity contribution in [1.82, 2.24) is 4.72 Å². The fraction of sp³-hybridized carbons (Fsp3) is 0.444. The number of halogens is 1. The molecule has 8 heteroatoms. The summed E-state index contributed by atoms with van der Waals surface area (Å²) in [5.74, 6) is -1.82. The van der Waals surface area contributed by atoms with Gasteiger partial charge < -0.3 is 5.11 Å². The maximum Gasteiger partial charge on any atom is 0.307 e. The van der Waals surface area contributed by atoms with Crippen LogP contribution in [0.1, 0.15) is 12.5 Å². The van der Waals surface area contributed by atoms with E-state index in [2.05, 4.69) is 4.72 Å². The third-order valence-corrected chi connectivity index (χ3v) is 5.55. The van der Waals surface area contributed by atoms with Gasteiger partial charge >= 0.3 is 5.97 Å². The van der Waals surface area contributed by atoms with Crippen LogP contribution in [-0.4, -0.2) is 26.0 Å². The van der Waals surface area contributed by atoms with E-state index in [9.17, 15) is 13.2 Å². The van der Waals surface area contributed by atoms with Crippen LogP contribution in [0.4, 0.5) is 0 Å². The van der Waals surface area contributed by atoms with E-state index in [0.29, 0.717) is 9.90 Å². The number of carbonyl (C=O) groups is 1. The van der Waals surface area contributed by atoms with Crippen LogP contribution in [0.15, 0.2) is 10.3 Å². The second-order valence-electron chi connectivity index (χ2n) is 3.61. The summed E-state index contributed by atoms with van der Waals surface area (Å²) in [5, 5.41) is 8.64. The Morgan fingerprint density at radius 3 is 2.65 bits per heavy atom. The highest BCUT2D eigenvalue weighted by Crippen LogP contribution is 2.29. The smallest absolute Gasteiger partial charge is 0.307 e. The molecule has 1 atom stereocenters. The van der Waals surface area contributed by atoms with Gasteiger partial charge in [-0.3, -0.25) is 4.79 Å². The van der Waals surface area contributed by atoms with E-state index in [4.69, 9.17) is 16.7 Å². The van der Waals surface area contributed by atoms with Gasteiger partial charge in [0.2, 0.25) is 10.0 Å². The molecular formula is C9H12ClNO4S2. The Kier molecular flexibility index (Phi) is 4.54. The van der Waals surface area contributed by atoms with E-state index in [0.717, 1.165) is 11.3 Å². The summed E-state index contributed by atoms with van der Waals surface area (Å²) in [6.45, 7) is 2.99. The summed E-state index contributed by atoms with van der Waals surface area (Å²) in [4.78, 5) is 10.6. The summed E-state index contributed by atoms with van der Waals surface area (Å²) in [5.41, 5.74) is 0.684. The fourth-order valence-corrected chi connectivity index (χ4v) is 3.84. The third-order valence-electron chi connectivity index (χ3n) is 2.10. The first-order chi connectivity index (χ1) is 7.74. The lowest BCUT2D eigenvalue weighted by Gasteiger charge is -2.07. The van der Waals surface area contributed by atoms with Crippen LogP contribution in [0.3, 0.4) is 0 Å². The van der Waals surface area contributed by atoms with E-state index in [1.165, 1.54) is 13.0 Å². The Hall–Kier alpha value is -0.630. The van der Waals surface area contributed by atoms with Gasteiger partial charge in [0, 0.05) is 6.54 Å². The lowest BCUT2D eigenvalue weighted by Crippen LogP contribution is -2.31. The van der Waals surface area contributed by atoms with E-state index in [1.54, 1.807) is 6.92 Å². The topological polar surface area (TPSA) is 83.5 Å². The molecule has 2 N–H and O–H groups in total. The second-order valence-corrected chi connectivity index (χ2v) is 7.26. The number of hydrogen-bond acceptors (Lipinski definition) is 4. The van der Waals surface area contributed by atoms with Gasteiger partial charge in [0.25, 0.3) is 0 Å². The van der Waals surface area contributed by atoms with E-state index < -0.39 is 21.9 Å². The predicted molar refractivity (Wildman–Crippen MR) is 66.1 cm³/mol. The largest absolute Gasteiger partial charge is 0.481 e. The van der Waals surface area contributed by atoms with E-state index in [1.807, 2.05) is 0 Å². The molecule has 1 heterocycles. The van der Waals surface area contributed by atoms with Gasteiger partial charge in [-0.2, -0.15) is 0 Å². The van der Waals surface area contributed by atoms with Gasteiger partial charge in [0.05, 0.1) is 10.3 Å². The molecule has 1 rings (SSSR count). The molecule has 0 amide bonds. The van der Waals surface area contributed by atoms with Crippen molar-refractivity contribution in [2.24, 2.45) is 5.92 Å². The molecule has 0 saturated carbocycles. The number of hydrogen-bond donors (Lipinski definition) is 2. The molecule has 17 heavy (non-hydrogen) atoms. The van der Waals surface area contributed by atoms with Gasteiger partial charge in [-0.1, -0.05) is 18.5 Å². The van der Waals surface area contributed by atoms with Gasteiger partial charge in [0.1, 0.15) is 4.21 Å². The lowest BCUT2D eigenvalue weighted by molar-refractivity contribution is -0.140. The van der Waals surface area contributed by atoms with Crippen molar-refractivity contribution in [3.8, 4) is 0 Å². The van der Waals surface area contributed by atoms with Crippen molar-refractivity contribution in [3.63, 3.8) is 0 Å². The SMILES string of the molecule is Cc1cc(S(=O)(=O)NCC(C)C(=O)O)sc1Cl. The fourth-order valence-electron chi connectivity index (χ4n) is 0.957. The zero-order valence-corrected chi connectivity index (χ0v) is 11.6. The Balaban J connectivity index is 2.79. The maximum atomic E-state index is 11.8. The number of rotatable bonds is 5. The van der Waals surface area contributed by atoms with Crippen LogP contribution < -0.4 is 4.72 Å². The highest BCUT2D eigenvalue weighted by molar-refractivity contribution is 7.91. The molecule has 1 aromatic heterocycles. The Labute approximate surface area is 108 Å². The number of aryl methyl sites for hydroxylation is 1. The summed E-state index contributed by atoms with van der Waals surface area (Å²) in [7, 11) is -3.67. The molecule has 0 fully saturated rings. The van der Waals surface area contributed by atoms with Crippen LogP contribution in [0.5, 0.6) is 0 Å². The average Bonchev–Trinajstić information content (AvgIpc) is 2.56. The zero-order valence-electron chi connectivity index (χ0n) is 9.23. The minimum absolute atomic E-state index is 0.0950. The molecule has 0 aliphatic heterocycles. The predicted octanol–water partition coefficient (Wildman–Crippen LogP) is 1.71. The first-order valence-electron chi connectivity index (χ1n) is 4.72. The highest BCUT2D eigenvalue weighted by Gasteiger charge is 2.20. The molecule has 0 saturated heterocycles. The lowest BCUT2D eigenvalue weighted by atomic mass is 10.2. The van der Waals surface area contributed by atoms with E-state index >= 15 is 0 Å². The van der Waals surface area contributed by atoms with Gasteiger partial charge in [-0.25, -0.2) is 13.1 Å². The van der Waals surface area contributed by atoms with Crippen LogP contribution in [-0.2, 0) is 14.8 Å². The summed E-state index contributed by atoms with van der Waals surface area (Å²) >= 11 is 6.73. The number of aliphatic carboxylic acids is 1. The normalized spacial score (nSPS) is 13.6. The molecule has 0 aliphatic carbocycles. The minimum atomic E-state index is -3.67. The summed E-state index contributed by atoms with van der Waals surface area (Å²) in [6.07, 6.45) is 0. The molecule has 1 unspecified atom stereocenters. The first-order valence-corrected chi connectivity index (χ1v) is 7.40. The number of thiophene rings is 1. The molecule has 0 aliphatic rings. The van der Waals surface area contributed by atoms with Crippen molar-refractivity contribution in [1.29, 1.82) is 0 Å². The van der Waals surface area contributed by atoms with Gasteiger partial charge in [0.15, 0.2) is 0 Å². The van der Waals surface area contributed by atoms with Crippen molar-refractivity contribution >= 4 is 38.9 Å². The molecule has 1 aromatic rings. The first kappa shape index (κ1) is 14.4. The molecule has 0 aromatic carbocycles. The Morgan fingerprint density at radius 2 is 2.24 bits per heavy atom. The molecule has 5 nitrogen and oxygen atoms in total. The summed E-state index contributed by atoms with van der Waals surface area (Å²) in [6, 6.07) is 1.46. The zero-order chi connectivity index (χ0) is 13.2. The van der Waals surface area contributed by atoms with Crippen molar-refractivity contribution in [3.05, 3.63) is 16.0 Å². The minimum Gasteiger partial charge on any atom is -0.481 e. The van der Waals surface area contributed by atoms with Crippen molar-refractivity contribution in [2.75, 3.05) is 6.54 Å². The number of nitrogens with one attached hydrogen (secondary N) is 1. The molecular weight excluding hydrogens is 286 g/mol. The van der Waals surface area contributed by atoms with Crippen LogP contribution >= 0.6 is 22.9 Å². The highest BCUT2D eigenvalue weighted by atomic mass is 35.5. The van der Waals surface area contributed by atoms with Crippen molar-refractivity contribution < 1.29 is 18.3 Å². The molecule has 96 valence electrons. The number of sulfonamides is 1. The Bertz CT molecular complexity index is 504. The maximum absolute atomic E-state index is 11.8. The van der Waals surface area contributed by atoms with Crippen molar-refractivity contribution in [2.45, 2.75) is 18.1 Å².